The smallest absolute Gasteiger partial charge is 0.0445 e. The summed E-state index contributed by atoms with van der Waals surface area (Å²) in [7, 11) is 0. The Balaban J connectivity index is 2.41. The molecule has 0 aromatic rings. The second-order valence-corrected chi connectivity index (χ2v) is 4.36. The minimum Gasteiger partial charge on any atom is -0.396 e. The monoisotopic (exact) mass is 215 g/mol. The number of thiol groups is 1. The van der Waals surface area contributed by atoms with Crippen LogP contribution in [0.2, 0.25) is 0 Å². The van der Waals surface area contributed by atoms with Crippen LogP contribution in [0.5, 0.6) is 0 Å². The van der Waals surface area contributed by atoms with Crippen LogP contribution in [-0.2, 0) is 0 Å². The third-order valence-corrected chi connectivity index (χ3v) is 3.31. The van der Waals surface area contributed by atoms with Gasteiger partial charge in [-0.05, 0) is 25.8 Å². The Morgan fingerprint density at radius 1 is 1.50 bits per heavy atom. The zero-order valence-corrected chi connectivity index (χ0v) is 9.68. The summed E-state index contributed by atoms with van der Waals surface area (Å²) in [5, 5.41) is 8.96. The second kappa shape index (κ2) is 6.49. The van der Waals surface area contributed by atoms with Gasteiger partial charge in [0.2, 0.25) is 0 Å². The lowest BCUT2D eigenvalue weighted by Crippen LogP contribution is -2.41. The van der Waals surface area contributed by atoms with Gasteiger partial charge in [0.25, 0.3) is 0 Å². The molecule has 1 aliphatic rings. The molecule has 1 heterocycles. The lowest BCUT2D eigenvalue weighted by atomic mass is 9.99. The first-order valence-corrected chi connectivity index (χ1v) is 6.03. The molecule has 1 atom stereocenters. The van der Waals surface area contributed by atoms with Crippen molar-refractivity contribution in [3.8, 4) is 0 Å². The first-order valence-electron chi connectivity index (χ1n) is 5.40. The average Bonchev–Trinajstić information content (AvgIpc) is 2.21. The molecule has 1 fully saturated rings. The maximum Gasteiger partial charge on any atom is 0.0445 e. The number of likely N-dealkylation sites (tertiary alicyclic amines) is 1. The quantitative estimate of drug-likeness (QED) is 0.539. The topological polar surface area (TPSA) is 23.5 Å². The number of hydrogen-bond donors (Lipinski definition) is 2. The molecule has 0 aliphatic carbocycles. The van der Waals surface area contributed by atoms with E-state index in [9.17, 15) is 0 Å². The lowest BCUT2D eigenvalue weighted by Gasteiger charge is -2.35. The van der Waals surface area contributed by atoms with Crippen LogP contribution < -0.4 is 0 Å². The van der Waals surface area contributed by atoms with Crippen LogP contribution >= 0.6 is 12.6 Å². The molecule has 82 valence electrons. The maximum absolute atomic E-state index is 8.96. The minimum atomic E-state index is 0.300. The van der Waals surface area contributed by atoms with Crippen LogP contribution in [0.1, 0.15) is 25.7 Å². The van der Waals surface area contributed by atoms with E-state index >= 15 is 0 Å². The standard InChI is InChI=1S/C11H21NOS/c1-10(9-14)8-12-6-3-2-4-11(12)5-7-13/h11,13-14H,1-9H2. The van der Waals surface area contributed by atoms with Gasteiger partial charge in [-0.15, -0.1) is 0 Å². The average molecular weight is 215 g/mol. The number of hydrogen-bond acceptors (Lipinski definition) is 3. The molecule has 2 nitrogen and oxygen atoms in total. The molecule has 1 N–H and O–H groups in total. The van der Waals surface area contributed by atoms with Crippen molar-refractivity contribution < 1.29 is 5.11 Å². The van der Waals surface area contributed by atoms with Gasteiger partial charge < -0.3 is 5.11 Å². The highest BCUT2D eigenvalue weighted by atomic mass is 32.1. The second-order valence-electron chi connectivity index (χ2n) is 4.04. The molecule has 0 spiro atoms. The summed E-state index contributed by atoms with van der Waals surface area (Å²) in [5.74, 6) is 0.766. The summed E-state index contributed by atoms with van der Waals surface area (Å²) in [5.41, 5.74) is 1.18. The van der Waals surface area contributed by atoms with Crippen molar-refractivity contribution in [1.29, 1.82) is 0 Å². The highest BCUT2D eigenvalue weighted by Gasteiger charge is 2.21. The Labute approximate surface area is 92.4 Å². The summed E-state index contributed by atoms with van der Waals surface area (Å²) >= 11 is 4.22. The SMILES string of the molecule is C=C(CS)CN1CCCCC1CCO. The van der Waals surface area contributed by atoms with Gasteiger partial charge in [0.05, 0.1) is 0 Å². The van der Waals surface area contributed by atoms with E-state index in [0.717, 1.165) is 25.3 Å². The predicted molar refractivity (Wildman–Crippen MR) is 63.9 cm³/mol. The fourth-order valence-electron chi connectivity index (χ4n) is 2.08. The van der Waals surface area contributed by atoms with Crippen molar-refractivity contribution in [2.45, 2.75) is 31.7 Å². The van der Waals surface area contributed by atoms with Gasteiger partial charge >= 0.3 is 0 Å². The molecule has 0 aromatic carbocycles. The Bertz CT molecular complexity index is 182. The summed E-state index contributed by atoms with van der Waals surface area (Å²) in [4.78, 5) is 2.44. The van der Waals surface area contributed by atoms with E-state index in [2.05, 4.69) is 24.1 Å². The lowest BCUT2D eigenvalue weighted by molar-refractivity contribution is 0.129. The van der Waals surface area contributed by atoms with Gasteiger partial charge in [0.15, 0.2) is 0 Å². The van der Waals surface area contributed by atoms with Crippen LogP contribution in [0, 0.1) is 0 Å². The zero-order valence-electron chi connectivity index (χ0n) is 8.78. The van der Waals surface area contributed by atoms with Gasteiger partial charge in [-0.2, -0.15) is 12.6 Å². The van der Waals surface area contributed by atoms with E-state index in [0.29, 0.717) is 12.6 Å². The molecule has 14 heavy (non-hydrogen) atoms. The first-order chi connectivity index (χ1) is 6.77. The van der Waals surface area contributed by atoms with E-state index in [-0.39, 0.29) is 0 Å². The number of nitrogens with zero attached hydrogens (tertiary/aromatic N) is 1. The van der Waals surface area contributed by atoms with Crippen LogP contribution in [0.15, 0.2) is 12.2 Å². The fourth-order valence-corrected chi connectivity index (χ4v) is 2.18. The number of piperidine rings is 1. The molecule has 0 amide bonds. The van der Waals surface area contributed by atoms with E-state index < -0.39 is 0 Å². The maximum atomic E-state index is 8.96. The molecule has 1 saturated heterocycles. The molecule has 0 saturated carbocycles. The number of aliphatic hydroxyl groups excluding tert-OH is 1. The molecule has 1 unspecified atom stereocenters. The zero-order chi connectivity index (χ0) is 10.4. The van der Waals surface area contributed by atoms with Crippen molar-refractivity contribution >= 4 is 12.6 Å². The van der Waals surface area contributed by atoms with Crippen LogP contribution in [0.25, 0.3) is 0 Å². The largest absolute Gasteiger partial charge is 0.396 e. The normalized spacial score (nSPS) is 23.7. The number of rotatable bonds is 5. The van der Waals surface area contributed by atoms with Crippen LogP contribution in [0.4, 0.5) is 0 Å². The van der Waals surface area contributed by atoms with Crippen molar-refractivity contribution in [3.63, 3.8) is 0 Å². The van der Waals surface area contributed by atoms with E-state index in [4.69, 9.17) is 5.11 Å². The Kier molecular flexibility index (Phi) is 5.60. The van der Waals surface area contributed by atoms with E-state index in [1.807, 2.05) is 0 Å². The molecular weight excluding hydrogens is 194 g/mol. The van der Waals surface area contributed by atoms with Crippen LogP contribution in [0.3, 0.4) is 0 Å². The van der Waals surface area contributed by atoms with Gasteiger partial charge in [-0.3, -0.25) is 4.90 Å². The van der Waals surface area contributed by atoms with Gasteiger partial charge in [0.1, 0.15) is 0 Å². The highest BCUT2D eigenvalue weighted by molar-refractivity contribution is 7.80. The predicted octanol–water partition coefficient (Wildman–Crippen LogP) is 1.71. The van der Waals surface area contributed by atoms with E-state index in [1.165, 1.54) is 24.8 Å². The third-order valence-electron chi connectivity index (χ3n) is 2.86. The summed E-state index contributed by atoms with van der Waals surface area (Å²) in [6.45, 7) is 6.38. The van der Waals surface area contributed by atoms with Crippen molar-refractivity contribution in [2.24, 2.45) is 0 Å². The summed E-state index contributed by atoms with van der Waals surface area (Å²) in [6.07, 6.45) is 4.70. The van der Waals surface area contributed by atoms with Crippen molar-refractivity contribution in [3.05, 3.63) is 12.2 Å². The van der Waals surface area contributed by atoms with Gasteiger partial charge in [0, 0.05) is 24.9 Å². The number of aliphatic hydroxyl groups is 1. The van der Waals surface area contributed by atoms with E-state index in [1.54, 1.807) is 0 Å². The van der Waals surface area contributed by atoms with Crippen LogP contribution in [-0.4, -0.2) is 41.5 Å². The third kappa shape index (κ3) is 3.64. The highest BCUT2D eigenvalue weighted by Crippen LogP contribution is 2.20. The Hall–Kier alpha value is 0.01000. The molecule has 0 bridgehead atoms. The molecular formula is C11H21NOS. The molecule has 1 aliphatic heterocycles. The first kappa shape index (κ1) is 12.1. The minimum absolute atomic E-state index is 0.300. The van der Waals surface area contributed by atoms with Gasteiger partial charge in [-0.25, -0.2) is 0 Å². The summed E-state index contributed by atoms with van der Waals surface area (Å²) < 4.78 is 0. The molecule has 0 radical (unpaired) electrons. The van der Waals surface area contributed by atoms with Crippen molar-refractivity contribution in [1.82, 2.24) is 4.90 Å². The Morgan fingerprint density at radius 2 is 2.29 bits per heavy atom. The molecule has 1 rings (SSSR count). The molecule has 3 heteroatoms. The summed E-state index contributed by atoms with van der Waals surface area (Å²) in [6, 6.07) is 0.561. The molecule has 0 aromatic heterocycles. The van der Waals surface area contributed by atoms with Gasteiger partial charge in [-0.1, -0.05) is 18.6 Å². The Morgan fingerprint density at radius 3 is 2.93 bits per heavy atom. The fraction of sp³-hybridized carbons (Fsp3) is 0.818. The van der Waals surface area contributed by atoms with Crippen molar-refractivity contribution in [2.75, 3.05) is 25.4 Å².